The maximum Gasteiger partial charge on any atom is 0.320 e. The Hall–Kier alpha value is -1.79. The van der Waals surface area contributed by atoms with Crippen LogP contribution in [0.4, 0.5) is 4.79 Å². The van der Waals surface area contributed by atoms with Crippen LogP contribution in [-0.2, 0) is 14.3 Å². The Bertz CT molecular complexity index is 385. The first kappa shape index (κ1) is 16.3. The summed E-state index contributed by atoms with van der Waals surface area (Å²) in [6, 6.07) is -0.486. The van der Waals surface area contributed by atoms with Crippen molar-refractivity contribution in [3.05, 3.63) is 0 Å². The highest BCUT2D eigenvalue weighted by atomic mass is 16.5. The molecule has 0 saturated carbocycles. The number of carboxylic acids is 1. The summed E-state index contributed by atoms with van der Waals surface area (Å²) in [6.07, 6.45) is 1.48. The molecule has 1 fully saturated rings. The van der Waals surface area contributed by atoms with E-state index in [9.17, 15) is 14.4 Å². The number of esters is 1. The third-order valence-electron chi connectivity index (χ3n) is 3.51. The zero-order chi connectivity index (χ0) is 15.3. The van der Waals surface area contributed by atoms with E-state index in [1.807, 2.05) is 0 Å². The Morgan fingerprint density at radius 2 is 2.10 bits per heavy atom. The lowest BCUT2D eigenvalue weighted by molar-refractivity contribution is -0.145. The number of carboxylic acid groups (broad SMARTS) is 1. The van der Waals surface area contributed by atoms with Crippen molar-refractivity contribution in [2.75, 3.05) is 27.2 Å². The van der Waals surface area contributed by atoms with Gasteiger partial charge in [-0.3, -0.25) is 9.59 Å². The molecule has 20 heavy (non-hydrogen) atoms. The Labute approximate surface area is 118 Å². The summed E-state index contributed by atoms with van der Waals surface area (Å²) >= 11 is 0. The van der Waals surface area contributed by atoms with Crippen LogP contribution in [0.15, 0.2) is 0 Å². The van der Waals surface area contributed by atoms with Crippen molar-refractivity contribution < 1.29 is 24.2 Å². The third kappa shape index (κ3) is 4.11. The summed E-state index contributed by atoms with van der Waals surface area (Å²) in [6.45, 7) is 2.50. The van der Waals surface area contributed by atoms with E-state index in [0.717, 1.165) is 6.42 Å². The molecule has 7 nitrogen and oxygen atoms in total. The molecule has 1 aliphatic heterocycles. The first-order chi connectivity index (χ1) is 9.36. The summed E-state index contributed by atoms with van der Waals surface area (Å²) in [7, 11) is 2.92. The molecule has 0 aliphatic carbocycles. The molecule has 1 heterocycles. The maximum atomic E-state index is 12.3. The molecule has 1 N–H and O–H groups in total. The van der Waals surface area contributed by atoms with Gasteiger partial charge in [-0.15, -0.1) is 0 Å². The largest absolute Gasteiger partial charge is 0.481 e. The minimum Gasteiger partial charge on any atom is -0.481 e. The van der Waals surface area contributed by atoms with Gasteiger partial charge in [0.2, 0.25) is 0 Å². The van der Waals surface area contributed by atoms with Crippen molar-refractivity contribution in [2.45, 2.75) is 32.2 Å². The van der Waals surface area contributed by atoms with Gasteiger partial charge in [-0.05, 0) is 12.8 Å². The van der Waals surface area contributed by atoms with E-state index in [1.54, 1.807) is 18.9 Å². The number of aliphatic carboxylic acids is 1. The van der Waals surface area contributed by atoms with Crippen molar-refractivity contribution in [1.82, 2.24) is 9.80 Å². The van der Waals surface area contributed by atoms with Crippen LogP contribution < -0.4 is 0 Å². The highest BCUT2D eigenvalue weighted by Gasteiger charge is 2.32. The number of hydrogen-bond acceptors (Lipinski definition) is 4. The quantitative estimate of drug-likeness (QED) is 0.755. The number of nitrogens with zero attached hydrogens (tertiary/aromatic N) is 2. The number of hydrogen-bond donors (Lipinski definition) is 1. The van der Waals surface area contributed by atoms with E-state index in [0.29, 0.717) is 13.0 Å². The van der Waals surface area contributed by atoms with Crippen molar-refractivity contribution in [2.24, 2.45) is 5.92 Å². The van der Waals surface area contributed by atoms with Crippen LogP contribution in [0.3, 0.4) is 0 Å². The molecule has 1 saturated heterocycles. The lowest BCUT2D eigenvalue weighted by atomic mass is 10.1. The highest BCUT2D eigenvalue weighted by molar-refractivity contribution is 5.78. The molecular weight excluding hydrogens is 264 g/mol. The molecule has 0 aromatic carbocycles. The monoisotopic (exact) mass is 286 g/mol. The van der Waals surface area contributed by atoms with Crippen molar-refractivity contribution in [3.63, 3.8) is 0 Å². The van der Waals surface area contributed by atoms with Crippen LogP contribution in [0, 0.1) is 5.92 Å². The lowest BCUT2D eigenvalue weighted by Gasteiger charge is -2.30. The molecule has 114 valence electrons. The predicted octanol–water partition coefficient (Wildman–Crippen LogP) is 0.786. The number of ether oxygens (including phenoxy) is 1. The SMILES string of the molecule is COC(=O)C(C)CN(C)C(=O)N1CCCC1CC(=O)O. The second kappa shape index (κ2) is 7.12. The van der Waals surface area contributed by atoms with Crippen LogP contribution in [0.5, 0.6) is 0 Å². The van der Waals surface area contributed by atoms with E-state index in [2.05, 4.69) is 4.74 Å². The van der Waals surface area contributed by atoms with E-state index in [-0.39, 0.29) is 31.0 Å². The fourth-order valence-corrected chi connectivity index (χ4v) is 2.49. The van der Waals surface area contributed by atoms with Crippen molar-refractivity contribution >= 4 is 18.0 Å². The van der Waals surface area contributed by atoms with Gasteiger partial charge in [-0.25, -0.2) is 4.79 Å². The van der Waals surface area contributed by atoms with Gasteiger partial charge in [0.25, 0.3) is 0 Å². The molecule has 0 aromatic rings. The molecule has 0 bridgehead atoms. The average Bonchev–Trinajstić information content (AvgIpc) is 2.83. The van der Waals surface area contributed by atoms with Gasteiger partial charge in [0, 0.05) is 26.2 Å². The molecule has 1 rings (SSSR count). The van der Waals surface area contributed by atoms with Gasteiger partial charge in [0.1, 0.15) is 0 Å². The Kier molecular flexibility index (Phi) is 5.79. The molecule has 1 aliphatic rings. The van der Waals surface area contributed by atoms with Gasteiger partial charge in [-0.1, -0.05) is 6.92 Å². The smallest absolute Gasteiger partial charge is 0.320 e. The summed E-state index contributed by atoms with van der Waals surface area (Å²) in [5.41, 5.74) is 0. The first-order valence-corrected chi connectivity index (χ1v) is 6.68. The third-order valence-corrected chi connectivity index (χ3v) is 3.51. The summed E-state index contributed by atoms with van der Waals surface area (Å²) in [4.78, 5) is 37.5. The van der Waals surface area contributed by atoms with Crippen molar-refractivity contribution in [3.8, 4) is 0 Å². The van der Waals surface area contributed by atoms with Crippen LogP contribution >= 0.6 is 0 Å². The van der Waals surface area contributed by atoms with Crippen molar-refractivity contribution in [1.29, 1.82) is 0 Å². The van der Waals surface area contributed by atoms with Gasteiger partial charge in [-0.2, -0.15) is 0 Å². The maximum absolute atomic E-state index is 12.3. The molecule has 0 spiro atoms. The van der Waals surface area contributed by atoms with Crippen LogP contribution in [-0.4, -0.2) is 66.2 Å². The lowest BCUT2D eigenvalue weighted by Crippen LogP contribution is -2.46. The molecule has 7 heteroatoms. The fraction of sp³-hybridized carbons (Fsp3) is 0.769. The average molecular weight is 286 g/mol. The van der Waals surface area contributed by atoms with Gasteiger partial charge in [0.05, 0.1) is 19.4 Å². The standard InChI is InChI=1S/C13H22N2O5/c1-9(12(18)20-3)8-14(2)13(19)15-6-4-5-10(15)7-11(16)17/h9-10H,4-8H2,1-3H3,(H,16,17). The fourth-order valence-electron chi connectivity index (χ4n) is 2.49. The van der Waals surface area contributed by atoms with Gasteiger partial charge in [0.15, 0.2) is 0 Å². The molecular formula is C13H22N2O5. The Morgan fingerprint density at radius 3 is 2.65 bits per heavy atom. The number of carbonyl (C=O) groups is 3. The summed E-state index contributed by atoms with van der Waals surface area (Å²) < 4.78 is 4.62. The van der Waals surface area contributed by atoms with Crippen LogP contribution in [0.1, 0.15) is 26.2 Å². The highest BCUT2D eigenvalue weighted by Crippen LogP contribution is 2.21. The zero-order valence-corrected chi connectivity index (χ0v) is 12.2. The topological polar surface area (TPSA) is 87.2 Å². The number of amides is 2. The van der Waals surface area contributed by atoms with E-state index >= 15 is 0 Å². The van der Waals surface area contributed by atoms with E-state index in [1.165, 1.54) is 12.0 Å². The number of likely N-dealkylation sites (tertiary alicyclic amines) is 1. The molecule has 0 radical (unpaired) electrons. The predicted molar refractivity (Wildman–Crippen MR) is 71.2 cm³/mol. The van der Waals surface area contributed by atoms with Crippen LogP contribution in [0.2, 0.25) is 0 Å². The molecule has 0 aromatic heterocycles. The number of urea groups is 1. The zero-order valence-electron chi connectivity index (χ0n) is 12.2. The van der Waals surface area contributed by atoms with E-state index in [4.69, 9.17) is 5.11 Å². The second-order valence-electron chi connectivity index (χ2n) is 5.17. The number of carbonyl (C=O) groups excluding carboxylic acids is 2. The van der Waals surface area contributed by atoms with Gasteiger partial charge < -0.3 is 19.6 Å². The summed E-state index contributed by atoms with van der Waals surface area (Å²) in [5, 5.41) is 8.85. The molecule has 2 amide bonds. The molecule has 2 atom stereocenters. The number of methoxy groups -OCH3 is 1. The summed E-state index contributed by atoms with van der Waals surface area (Å²) in [5.74, 6) is -1.68. The van der Waals surface area contributed by atoms with E-state index < -0.39 is 11.9 Å². The Balaban J connectivity index is 2.59. The molecule has 2 unspecified atom stereocenters. The first-order valence-electron chi connectivity index (χ1n) is 6.68. The minimum absolute atomic E-state index is 0.0356. The number of rotatable bonds is 5. The Morgan fingerprint density at radius 1 is 1.45 bits per heavy atom. The van der Waals surface area contributed by atoms with Crippen LogP contribution in [0.25, 0.3) is 0 Å². The minimum atomic E-state index is -0.903. The second-order valence-corrected chi connectivity index (χ2v) is 5.17. The van der Waals surface area contributed by atoms with Gasteiger partial charge >= 0.3 is 18.0 Å². The normalized spacial score (nSPS) is 19.6.